The first kappa shape index (κ1) is 11.8. The summed E-state index contributed by atoms with van der Waals surface area (Å²) in [6, 6.07) is 0. The predicted molar refractivity (Wildman–Crippen MR) is 67.5 cm³/mol. The van der Waals surface area contributed by atoms with Gasteiger partial charge in [-0.05, 0) is 19.3 Å². The molecule has 1 aliphatic carbocycles. The molecular formula is C14H20N2O2. The molecule has 2 aliphatic rings. The first-order valence-corrected chi connectivity index (χ1v) is 7.03. The van der Waals surface area contributed by atoms with Gasteiger partial charge < -0.3 is 9.67 Å². The summed E-state index contributed by atoms with van der Waals surface area (Å²) >= 11 is 0. The lowest BCUT2D eigenvalue weighted by Gasteiger charge is -2.26. The van der Waals surface area contributed by atoms with Gasteiger partial charge in [0.1, 0.15) is 5.82 Å². The number of fused-ring (bicyclic) bond motifs is 1. The molecule has 0 saturated heterocycles. The van der Waals surface area contributed by atoms with Gasteiger partial charge in [0.05, 0.1) is 5.92 Å². The SMILES string of the molecule is O=C(O)[C@H]1CCn2c(cnc2C2CCCCC2)C1. The number of hydrogen-bond donors (Lipinski definition) is 1. The van der Waals surface area contributed by atoms with Gasteiger partial charge in [0.25, 0.3) is 0 Å². The molecule has 0 amide bonds. The van der Waals surface area contributed by atoms with Crippen molar-refractivity contribution in [3.8, 4) is 0 Å². The van der Waals surface area contributed by atoms with Crippen molar-refractivity contribution in [2.45, 2.75) is 57.4 Å². The predicted octanol–water partition coefficient (Wildman–Crippen LogP) is 2.58. The number of imidazole rings is 1. The molecule has 1 aromatic heterocycles. The van der Waals surface area contributed by atoms with E-state index in [1.165, 1.54) is 37.9 Å². The molecule has 1 fully saturated rings. The van der Waals surface area contributed by atoms with E-state index in [-0.39, 0.29) is 5.92 Å². The number of aromatic nitrogens is 2. The molecule has 0 unspecified atom stereocenters. The second kappa shape index (κ2) is 4.75. The lowest BCUT2D eigenvalue weighted by Crippen LogP contribution is -2.26. The van der Waals surface area contributed by atoms with Crippen molar-refractivity contribution in [1.82, 2.24) is 9.55 Å². The van der Waals surface area contributed by atoms with Crippen molar-refractivity contribution in [1.29, 1.82) is 0 Å². The van der Waals surface area contributed by atoms with Crippen LogP contribution in [0.2, 0.25) is 0 Å². The van der Waals surface area contributed by atoms with Gasteiger partial charge in [0, 0.05) is 30.8 Å². The molecule has 1 N–H and O–H groups in total. The summed E-state index contributed by atoms with van der Waals surface area (Å²) in [5.74, 6) is 0.942. The zero-order valence-corrected chi connectivity index (χ0v) is 10.6. The summed E-state index contributed by atoms with van der Waals surface area (Å²) in [7, 11) is 0. The minimum absolute atomic E-state index is 0.214. The largest absolute Gasteiger partial charge is 0.481 e. The molecule has 1 saturated carbocycles. The number of rotatable bonds is 2. The molecule has 3 rings (SSSR count). The van der Waals surface area contributed by atoms with Crippen LogP contribution in [-0.4, -0.2) is 20.6 Å². The van der Waals surface area contributed by atoms with Crippen molar-refractivity contribution < 1.29 is 9.90 Å². The molecule has 1 aliphatic heterocycles. The van der Waals surface area contributed by atoms with Gasteiger partial charge in [-0.15, -0.1) is 0 Å². The summed E-state index contributed by atoms with van der Waals surface area (Å²) in [6.07, 6.45) is 9.77. The third-order valence-electron chi connectivity index (χ3n) is 4.45. The maximum Gasteiger partial charge on any atom is 0.306 e. The number of carboxylic acid groups (broad SMARTS) is 1. The number of hydrogen-bond acceptors (Lipinski definition) is 2. The zero-order valence-electron chi connectivity index (χ0n) is 10.6. The Morgan fingerprint density at radius 3 is 2.78 bits per heavy atom. The number of nitrogens with zero attached hydrogens (tertiary/aromatic N) is 2. The van der Waals surface area contributed by atoms with E-state index in [0.717, 1.165) is 18.7 Å². The third kappa shape index (κ3) is 2.04. The smallest absolute Gasteiger partial charge is 0.306 e. The Morgan fingerprint density at radius 2 is 2.06 bits per heavy atom. The maximum absolute atomic E-state index is 11.0. The Hall–Kier alpha value is -1.32. The van der Waals surface area contributed by atoms with E-state index in [1.54, 1.807) is 0 Å². The number of aliphatic carboxylic acids is 1. The van der Waals surface area contributed by atoms with Crippen molar-refractivity contribution in [2.75, 3.05) is 0 Å². The minimum atomic E-state index is -0.665. The quantitative estimate of drug-likeness (QED) is 0.875. The van der Waals surface area contributed by atoms with Crippen LogP contribution in [0.4, 0.5) is 0 Å². The summed E-state index contributed by atoms with van der Waals surface area (Å²) < 4.78 is 2.29. The lowest BCUT2D eigenvalue weighted by atomic mass is 9.88. The van der Waals surface area contributed by atoms with E-state index in [9.17, 15) is 4.79 Å². The molecule has 0 bridgehead atoms. The standard InChI is InChI=1S/C14H20N2O2/c17-14(18)11-6-7-16-12(8-11)9-15-13(16)10-4-2-1-3-5-10/h9-11H,1-8H2,(H,17,18)/t11-/m0/s1. The minimum Gasteiger partial charge on any atom is -0.481 e. The van der Waals surface area contributed by atoms with Gasteiger partial charge in [0.2, 0.25) is 0 Å². The zero-order chi connectivity index (χ0) is 12.5. The average molecular weight is 248 g/mol. The monoisotopic (exact) mass is 248 g/mol. The second-order valence-corrected chi connectivity index (χ2v) is 5.62. The van der Waals surface area contributed by atoms with Gasteiger partial charge in [0.15, 0.2) is 0 Å². The van der Waals surface area contributed by atoms with Crippen molar-refractivity contribution in [3.05, 3.63) is 17.7 Å². The van der Waals surface area contributed by atoms with Crippen molar-refractivity contribution in [3.63, 3.8) is 0 Å². The molecule has 0 radical (unpaired) electrons. The Kier molecular flexibility index (Phi) is 3.10. The van der Waals surface area contributed by atoms with Crippen LogP contribution in [0.3, 0.4) is 0 Å². The average Bonchev–Trinajstić information content (AvgIpc) is 2.82. The Labute approximate surface area is 107 Å². The van der Waals surface area contributed by atoms with E-state index in [0.29, 0.717) is 12.3 Å². The fourth-order valence-electron chi connectivity index (χ4n) is 3.39. The summed E-state index contributed by atoms with van der Waals surface area (Å²) in [5.41, 5.74) is 1.12. The van der Waals surface area contributed by atoms with Gasteiger partial charge in [-0.25, -0.2) is 4.98 Å². The van der Waals surface area contributed by atoms with Crippen LogP contribution in [0.1, 0.15) is 56.0 Å². The van der Waals surface area contributed by atoms with Crippen LogP contribution >= 0.6 is 0 Å². The van der Waals surface area contributed by atoms with E-state index in [2.05, 4.69) is 9.55 Å². The van der Waals surface area contributed by atoms with Crippen LogP contribution < -0.4 is 0 Å². The second-order valence-electron chi connectivity index (χ2n) is 5.62. The Balaban J connectivity index is 1.81. The van der Waals surface area contributed by atoms with Gasteiger partial charge in [-0.1, -0.05) is 19.3 Å². The fourth-order valence-corrected chi connectivity index (χ4v) is 3.39. The normalized spacial score (nSPS) is 24.8. The molecule has 18 heavy (non-hydrogen) atoms. The van der Waals surface area contributed by atoms with Crippen molar-refractivity contribution in [2.24, 2.45) is 5.92 Å². The van der Waals surface area contributed by atoms with Gasteiger partial charge in [-0.2, -0.15) is 0 Å². The number of carbonyl (C=O) groups is 1. The van der Waals surface area contributed by atoms with Gasteiger partial charge in [-0.3, -0.25) is 4.79 Å². The van der Waals surface area contributed by atoms with Gasteiger partial charge >= 0.3 is 5.97 Å². The fraction of sp³-hybridized carbons (Fsp3) is 0.714. The summed E-state index contributed by atoms with van der Waals surface area (Å²) in [4.78, 5) is 15.6. The van der Waals surface area contributed by atoms with E-state index in [1.807, 2.05) is 6.20 Å². The van der Waals surface area contributed by atoms with Crippen LogP contribution in [-0.2, 0) is 17.8 Å². The Bertz CT molecular complexity index is 447. The molecule has 0 aromatic carbocycles. The molecule has 4 heteroatoms. The first-order chi connectivity index (χ1) is 8.75. The molecule has 4 nitrogen and oxygen atoms in total. The lowest BCUT2D eigenvalue weighted by molar-refractivity contribution is -0.142. The van der Waals surface area contributed by atoms with E-state index < -0.39 is 5.97 Å². The highest BCUT2D eigenvalue weighted by molar-refractivity contribution is 5.70. The molecular weight excluding hydrogens is 228 g/mol. The molecule has 1 aromatic rings. The van der Waals surface area contributed by atoms with E-state index in [4.69, 9.17) is 5.11 Å². The highest BCUT2D eigenvalue weighted by Crippen LogP contribution is 2.34. The molecule has 0 spiro atoms. The van der Waals surface area contributed by atoms with Crippen LogP contribution in [0, 0.1) is 5.92 Å². The molecule has 98 valence electrons. The van der Waals surface area contributed by atoms with Crippen molar-refractivity contribution >= 4 is 5.97 Å². The topological polar surface area (TPSA) is 55.1 Å². The highest BCUT2D eigenvalue weighted by atomic mass is 16.4. The van der Waals surface area contributed by atoms with E-state index >= 15 is 0 Å². The highest BCUT2D eigenvalue weighted by Gasteiger charge is 2.28. The maximum atomic E-state index is 11.0. The first-order valence-electron chi connectivity index (χ1n) is 7.03. The van der Waals surface area contributed by atoms with Crippen LogP contribution in [0.15, 0.2) is 6.20 Å². The summed E-state index contributed by atoms with van der Waals surface area (Å²) in [5, 5.41) is 9.09. The van der Waals surface area contributed by atoms with Crippen LogP contribution in [0.5, 0.6) is 0 Å². The Morgan fingerprint density at radius 1 is 1.28 bits per heavy atom. The third-order valence-corrected chi connectivity index (χ3v) is 4.45. The number of carboxylic acids is 1. The molecule has 2 heterocycles. The van der Waals surface area contributed by atoms with Crippen LogP contribution in [0.25, 0.3) is 0 Å². The molecule has 1 atom stereocenters. The summed E-state index contributed by atoms with van der Waals surface area (Å²) in [6.45, 7) is 0.831.